The summed E-state index contributed by atoms with van der Waals surface area (Å²) in [7, 11) is 0. The second-order valence-corrected chi connectivity index (χ2v) is 7.44. The predicted molar refractivity (Wildman–Crippen MR) is 84.0 cm³/mol. The Morgan fingerprint density at radius 1 is 1.29 bits per heavy atom. The van der Waals surface area contributed by atoms with Crippen molar-refractivity contribution in [3.05, 3.63) is 54.1 Å². The highest BCUT2D eigenvalue weighted by atomic mass is 79.9. The summed E-state index contributed by atoms with van der Waals surface area (Å²) in [5.74, 6) is 0. The first kappa shape index (κ1) is 13.9. The summed E-state index contributed by atoms with van der Waals surface area (Å²) in [6.07, 6.45) is 0. The molecule has 0 amide bonds. The van der Waals surface area contributed by atoms with Crippen LogP contribution in [0.15, 0.2) is 28.7 Å². The Labute approximate surface area is 131 Å². The van der Waals surface area contributed by atoms with Gasteiger partial charge in [-0.2, -0.15) is 0 Å². The lowest BCUT2D eigenvalue weighted by Crippen LogP contribution is -1.92. The lowest BCUT2D eigenvalue weighted by Gasteiger charge is -2.11. The van der Waals surface area contributed by atoms with Gasteiger partial charge < -0.3 is 0 Å². The number of rotatable bonds is 2. The van der Waals surface area contributed by atoms with Crippen molar-refractivity contribution < 1.29 is 0 Å². The molecule has 90 valence electrons. The minimum Gasteiger partial charge on any atom is -0.126 e. The van der Waals surface area contributed by atoms with Crippen LogP contribution in [0.3, 0.4) is 0 Å². The van der Waals surface area contributed by atoms with E-state index in [0.29, 0.717) is 0 Å². The number of aryl methyl sites for hydroxylation is 1. The van der Waals surface area contributed by atoms with Crippen molar-refractivity contribution in [2.75, 3.05) is 0 Å². The molecule has 2 aromatic rings. The van der Waals surface area contributed by atoms with Crippen molar-refractivity contribution in [3.8, 4) is 0 Å². The second-order valence-electron chi connectivity index (χ2n) is 3.61. The summed E-state index contributed by atoms with van der Waals surface area (Å²) in [6, 6.07) is 8.05. The summed E-state index contributed by atoms with van der Waals surface area (Å²) in [5.41, 5.74) is 2.15. The number of hydrogen-bond donors (Lipinski definition) is 0. The van der Waals surface area contributed by atoms with Gasteiger partial charge in [-0.15, -0.1) is 11.3 Å². The van der Waals surface area contributed by atoms with Gasteiger partial charge in [0.05, 0.1) is 4.83 Å². The maximum absolute atomic E-state index is 6.31. The van der Waals surface area contributed by atoms with Crippen LogP contribution in [0.25, 0.3) is 0 Å². The molecule has 0 fully saturated rings. The number of hydrogen-bond acceptors (Lipinski definition) is 1. The van der Waals surface area contributed by atoms with Crippen LogP contribution in [0, 0.1) is 6.92 Å². The molecule has 1 aromatic carbocycles. The fourth-order valence-electron chi connectivity index (χ4n) is 1.51. The zero-order valence-corrected chi connectivity index (χ0v) is 14.3. The van der Waals surface area contributed by atoms with Crippen LogP contribution < -0.4 is 0 Å². The van der Waals surface area contributed by atoms with E-state index >= 15 is 0 Å². The third kappa shape index (κ3) is 2.90. The van der Waals surface area contributed by atoms with Crippen LogP contribution in [0.1, 0.15) is 20.8 Å². The van der Waals surface area contributed by atoms with Gasteiger partial charge in [-0.05, 0) is 40.0 Å². The second kappa shape index (κ2) is 5.62. The van der Waals surface area contributed by atoms with Gasteiger partial charge in [0.2, 0.25) is 0 Å². The van der Waals surface area contributed by atoms with Crippen molar-refractivity contribution in [1.29, 1.82) is 0 Å². The molecule has 0 bridgehead atoms. The third-order valence-corrected chi connectivity index (χ3v) is 6.75. The van der Waals surface area contributed by atoms with Gasteiger partial charge in [0.15, 0.2) is 0 Å². The summed E-state index contributed by atoms with van der Waals surface area (Å²) in [6.45, 7) is 2.00. The van der Waals surface area contributed by atoms with E-state index in [1.165, 1.54) is 0 Å². The normalized spacial score (nSPS) is 12.8. The van der Waals surface area contributed by atoms with Crippen LogP contribution in [0.4, 0.5) is 0 Å². The van der Waals surface area contributed by atoms with Crippen LogP contribution >= 0.6 is 66.4 Å². The fraction of sp³-hybridized carbons (Fsp3) is 0.167. The average molecular weight is 415 g/mol. The molecule has 0 nitrogen and oxygen atoms in total. The predicted octanol–water partition coefficient (Wildman–Crippen LogP) is 6.61. The highest BCUT2D eigenvalue weighted by Gasteiger charge is 2.18. The molecule has 1 unspecified atom stereocenters. The molecule has 2 rings (SSSR count). The van der Waals surface area contributed by atoms with E-state index in [1.54, 1.807) is 11.3 Å². The smallest absolute Gasteiger partial charge is 0.107 e. The zero-order valence-electron chi connectivity index (χ0n) is 8.81. The highest BCUT2D eigenvalue weighted by molar-refractivity contribution is 9.10. The molecular formula is C12H8Br2Cl2S. The molecule has 0 spiro atoms. The first-order chi connectivity index (χ1) is 8.00. The number of alkyl halides is 1. The Morgan fingerprint density at radius 3 is 2.59 bits per heavy atom. The molecule has 5 heteroatoms. The molecule has 0 aliphatic carbocycles. The molecular weight excluding hydrogens is 407 g/mol. The third-order valence-electron chi connectivity index (χ3n) is 2.41. The highest BCUT2D eigenvalue weighted by Crippen LogP contribution is 2.43. The number of thiophene rings is 1. The standard InChI is InChI=1S/C12H8Br2Cl2S/c1-6-3-2-4-7(11(6)15)10(14)9-5-8(13)12(16)17-9/h2-5,10H,1H3. The van der Waals surface area contributed by atoms with E-state index in [-0.39, 0.29) is 4.83 Å². The minimum atomic E-state index is 0.0729. The molecule has 1 heterocycles. The lowest BCUT2D eigenvalue weighted by atomic mass is 10.1. The van der Waals surface area contributed by atoms with Gasteiger partial charge in [0.1, 0.15) is 4.34 Å². The minimum absolute atomic E-state index is 0.0729. The van der Waals surface area contributed by atoms with Crippen molar-refractivity contribution in [2.24, 2.45) is 0 Å². The molecule has 0 radical (unpaired) electrons. The van der Waals surface area contributed by atoms with Gasteiger partial charge in [0.25, 0.3) is 0 Å². The molecule has 1 aromatic heterocycles. The van der Waals surface area contributed by atoms with Crippen molar-refractivity contribution in [2.45, 2.75) is 11.8 Å². The largest absolute Gasteiger partial charge is 0.126 e. The Balaban J connectivity index is 2.43. The van der Waals surface area contributed by atoms with E-state index in [0.717, 1.165) is 29.8 Å². The van der Waals surface area contributed by atoms with Crippen LogP contribution in [-0.4, -0.2) is 0 Å². The van der Waals surface area contributed by atoms with Crippen molar-refractivity contribution >= 4 is 66.4 Å². The first-order valence-corrected chi connectivity index (χ1v) is 8.12. The van der Waals surface area contributed by atoms with Gasteiger partial charge in [0, 0.05) is 14.4 Å². The molecule has 1 atom stereocenters. The van der Waals surface area contributed by atoms with Crippen LogP contribution in [-0.2, 0) is 0 Å². The summed E-state index contributed by atoms with van der Waals surface area (Å²) >= 11 is 21.0. The Bertz CT molecular complexity index is 532. The van der Waals surface area contributed by atoms with Gasteiger partial charge >= 0.3 is 0 Å². The number of halogens is 4. The maximum atomic E-state index is 6.31. The summed E-state index contributed by atoms with van der Waals surface area (Å²) < 4.78 is 1.68. The van der Waals surface area contributed by atoms with Gasteiger partial charge in [-0.3, -0.25) is 0 Å². The molecule has 0 N–H and O–H groups in total. The van der Waals surface area contributed by atoms with Gasteiger partial charge in [-0.25, -0.2) is 0 Å². The van der Waals surface area contributed by atoms with Crippen LogP contribution in [0.2, 0.25) is 9.36 Å². The Kier molecular flexibility index (Phi) is 4.59. The monoisotopic (exact) mass is 412 g/mol. The Morgan fingerprint density at radius 2 is 2.00 bits per heavy atom. The zero-order chi connectivity index (χ0) is 12.6. The maximum Gasteiger partial charge on any atom is 0.107 e. The fourth-order valence-corrected chi connectivity index (χ4v) is 4.40. The molecule has 17 heavy (non-hydrogen) atoms. The van der Waals surface area contributed by atoms with Crippen LogP contribution in [0.5, 0.6) is 0 Å². The van der Waals surface area contributed by atoms with E-state index in [2.05, 4.69) is 31.9 Å². The lowest BCUT2D eigenvalue weighted by molar-refractivity contribution is 1.21. The quantitative estimate of drug-likeness (QED) is 0.485. The number of benzene rings is 1. The van der Waals surface area contributed by atoms with E-state index < -0.39 is 0 Å². The van der Waals surface area contributed by atoms with E-state index in [1.807, 2.05) is 31.2 Å². The topological polar surface area (TPSA) is 0 Å². The molecule has 0 aliphatic heterocycles. The molecule has 0 saturated carbocycles. The SMILES string of the molecule is Cc1cccc(C(Br)c2cc(Br)c(Cl)s2)c1Cl. The van der Waals surface area contributed by atoms with E-state index in [9.17, 15) is 0 Å². The summed E-state index contributed by atoms with van der Waals surface area (Å²) in [4.78, 5) is 1.21. The molecule has 0 saturated heterocycles. The Hall–Kier alpha value is 0.460. The van der Waals surface area contributed by atoms with E-state index in [4.69, 9.17) is 23.2 Å². The average Bonchev–Trinajstić information content (AvgIpc) is 2.62. The summed E-state index contributed by atoms with van der Waals surface area (Å²) in [5, 5.41) is 0.801. The molecule has 0 aliphatic rings. The van der Waals surface area contributed by atoms with Gasteiger partial charge in [-0.1, -0.05) is 57.3 Å². The van der Waals surface area contributed by atoms with Crippen molar-refractivity contribution in [1.82, 2.24) is 0 Å². The van der Waals surface area contributed by atoms with Crippen molar-refractivity contribution in [3.63, 3.8) is 0 Å². The first-order valence-electron chi connectivity index (χ1n) is 4.84.